The summed E-state index contributed by atoms with van der Waals surface area (Å²) in [5, 5.41) is 0. The first-order chi connectivity index (χ1) is 6.02. The highest BCUT2D eigenvalue weighted by molar-refractivity contribution is 6.02. The van der Waals surface area contributed by atoms with E-state index in [9.17, 15) is 9.59 Å². The van der Waals surface area contributed by atoms with Gasteiger partial charge in [0.05, 0.1) is 6.10 Å². The number of carbonyl (C=O) groups excluding carboxylic acids is 2. The Kier molecular flexibility index (Phi) is 2.83. The minimum absolute atomic E-state index is 0.0117. The quantitative estimate of drug-likeness (QED) is 0.632. The molecule has 4 nitrogen and oxygen atoms in total. The van der Waals surface area contributed by atoms with Gasteiger partial charge in [-0.1, -0.05) is 0 Å². The molecule has 0 saturated carbocycles. The van der Waals surface area contributed by atoms with Crippen molar-refractivity contribution in [2.45, 2.75) is 33.1 Å². The van der Waals surface area contributed by atoms with E-state index in [-0.39, 0.29) is 17.9 Å². The Morgan fingerprint density at radius 2 is 2.23 bits per heavy atom. The predicted molar refractivity (Wildman–Crippen MR) is 46.7 cm³/mol. The predicted octanol–water partition coefficient (Wildman–Crippen LogP) is 0.682. The van der Waals surface area contributed by atoms with Crippen LogP contribution in [0, 0.1) is 0 Å². The average molecular weight is 183 g/mol. The zero-order valence-corrected chi connectivity index (χ0v) is 7.98. The average Bonchev–Trinajstić information content (AvgIpc) is 2.30. The fourth-order valence-corrected chi connectivity index (χ4v) is 1.18. The molecule has 0 radical (unpaired) electrons. The van der Waals surface area contributed by atoms with Crippen LogP contribution in [0.1, 0.15) is 20.8 Å². The van der Waals surface area contributed by atoms with E-state index in [4.69, 9.17) is 4.74 Å². The first-order valence-corrected chi connectivity index (χ1v) is 4.20. The Bertz CT molecular complexity index is 258. The first kappa shape index (κ1) is 9.92. The van der Waals surface area contributed by atoms with Gasteiger partial charge in [0.25, 0.3) is 5.91 Å². The molecular formula is C9H13NO3. The summed E-state index contributed by atoms with van der Waals surface area (Å²) in [6.07, 6.45) is 2.41. The topological polar surface area (TPSA) is 46.6 Å². The van der Waals surface area contributed by atoms with E-state index < -0.39 is 6.23 Å². The minimum Gasteiger partial charge on any atom is -0.351 e. The lowest BCUT2D eigenvalue weighted by Gasteiger charge is -2.23. The van der Waals surface area contributed by atoms with Crippen LogP contribution in [0.2, 0.25) is 0 Å². The Morgan fingerprint density at radius 1 is 1.62 bits per heavy atom. The highest BCUT2D eigenvalue weighted by atomic mass is 16.5. The SMILES string of the molecule is CC(=O)N1C(=O)C=C[C@H]1OC(C)C. The van der Waals surface area contributed by atoms with Crippen molar-refractivity contribution in [3.05, 3.63) is 12.2 Å². The lowest BCUT2D eigenvalue weighted by Crippen LogP contribution is -2.40. The molecule has 0 unspecified atom stereocenters. The molecule has 1 atom stereocenters. The normalized spacial score (nSPS) is 21.7. The number of rotatable bonds is 2. The summed E-state index contributed by atoms with van der Waals surface area (Å²) in [5.41, 5.74) is 0. The molecule has 72 valence electrons. The minimum atomic E-state index is -0.523. The van der Waals surface area contributed by atoms with Gasteiger partial charge in [-0.05, 0) is 19.9 Å². The second-order valence-corrected chi connectivity index (χ2v) is 3.16. The van der Waals surface area contributed by atoms with Gasteiger partial charge in [0.1, 0.15) is 0 Å². The van der Waals surface area contributed by atoms with E-state index >= 15 is 0 Å². The fourth-order valence-electron chi connectivity index (χ4n) is 1.18. The molecule has 0 aromatic heterocycles. The Labute approximate surface area is 77.2 Å². The molecule has 0 bridgehead atoms. The zero-order chi connectivity index (χ0) is 10.0. The van der Waals surface area contributed by atoms with Gasteiger partial charge in [-0.15, -0.1) is 0 Å². The first-order valence-electron chi connectivity index (χ1n) is 4.20. The Morgan fingerprint density at radius 3 is 2.69 bits per heavy atom. The van der Waals surface area contributed by atoms with E-state index in [1.54, 1.807) is 6.08 Å². The summed E-state index contributed by atoms with van der Waals surface area (Å²) in [5.74, 6) is -0.598. The van der Waals surface area contributed by atoms with Crippen molar-refractivity contribution in [2.75, 3.05) is 0 Å². The molecular weight excluding hydrogens is 170 g/mol. The fraction of sp³-hybridized carbons (Fsp3) is 0.556. The summed E-state index contributed by atoms with van der Waals surface area (Å²) in [7, 11) is 0. The molecule has 0 fully saturated rings. The van der Waals surface area contributed by atoms with Crippen LogP contribution < -0.4 is 0 Å². The standard InChI is InChI=1S/C9H13NO3/c1-6(2)13-9-5-4-8(12)10(9)7(3)11/h4-6,9H,1-3H3/t9-/m1/s1. The van der Waals surface area contributed by atoms with Crippen LogP contribution in [0.3, 0.4) is 0 Å². The maximum absolute atomic E-state index is 11.1. The number of ether oxygens (including phenoxy) is 1. The van der Waals surface area contributed by atoms with Crippen molar-refractivity contribution in [2.24, 2.45) is 0 Å². The van der Waals surface area contributed by atoms with E-state index in [1.807, 2.05) is 13.8 Å². The summed E-state index contributed by atoms with van der Waals surface area (Å²) >= 11 is 0. The maximum atomic E-state index is 11.1. The number of carbonyl (C=O) groups is 2. The highest BCUT2D eigenvalue weighted by Crippen LogP contribution is 2.14. The van der Waals surface area contributed by atoms with Gasteiger partial charge in [0.2, 0.25) is 5.91 Å². The molecule has 0 aromatic rings. The van der Waals surface area contributed by atoms with Crippen LogP contribution in [0.15, 0.2) is 12.2 Å². The largest absolute Gasteiger partial charge is 0.351 e. The van der Waals surface area contributed by atoms with Crippen molar-refractivity contribution in [1.29, 1.82) is 0 Å². The summed E-state index contributed by atoms with van der Waals surface area (Å²) in [4.78, 5) is 23.3. The Hall–Kier alpha value is -1.16. The summed E-state index contributed by atoms with van der Waals surface area (Å²) < 4.78 is 5.35. The van der Waals surface area contributed by atoms with Gasteiger partial charge < -0.3 is 4.74 Å². The zero-order valence-electron chi connectivity index (χ0n) is 7.98. The van der Waals surface area contributed by atoms with Gasteiger partial charge in [-0.25, -0.2) is 4.90 Å². The van der Waals surface area contributed by atoms with Crippen molar-refractivity contribution in [3.63, 3.8) is 0 Å². The van der Waals surface area contributed by atoms with E-state index in [1.165, 1.54) is 13.0 Å². The monoisotopic (exact) mass is 183 g/mol. The smallest absolute Gasteiger partial charge is 0.255 e. The Balaban J connectivity index is 2.69. The highest BCUT2D eigenvalue weighted by Gasteiger charge is 2.30. The van der Waals surface area contributed by atoms with E-state index in [0.29, 0.717) is 0 Å². The third-order valence-electron chi connectivity index (χ3n) is 1.65. The lowest BCUT2D eigenvalue weighted by atomic mass is 10.4. The van der Waals surface area contributed by atoms with Crippen molar-refractivity contribution >= 4 is 11.8 Å². The molecule has 0 saturated heterocycles. The van der Waals surface area contributed by atoms with Crippen molar-refractivity contribution < 1.29 is 14.3 Å². The summed E-state index contributed by atoms with van der Waals surface area (Å²) in [6.45, 7) is 5.06. The summed E-state index contributed by atoms with van der Waals surface area (Å²) in [6, 6.07) is 0. The molecule has 13 heavy (non-hydrogen) atoms. The maximum Gasteiger partial charge on any atom is 0.255 e. The van der Waals surface area contributed by atoms with Gasteiger partial charge in [0, 0.05) is 13.0 Å². The molecule has 1 aliphatic rings. The molecule has 1 rings (SSSR count). The van der Waals surface area contributed by atoms with E-state index in [0.717, 1.165) is 4.90 Å². The number of amides is 2. The van der Waals surface area contributed by atoms with Crippen LogP contribution in [0.4, 0.5) is 0 Å². The van der Waals surface area contributed by atoms with Crippen LogP contribution in [-0.2, 0) is 14.3 Å². The second-order valence-electron chi connectivity index (χ2n) is 3.16. The van der Waals surface area contributed by atoms with Crippen molar-refractivity contribution in [1.82, 2.24) is 4.90 Å². The van der Waals surface area contributed by atoms with E-state index in [2.05, 4.69) is 0 Å². The molecule has 2 amide bonds. The molecule has 1 heterocycles. The van der Waals surface area contributed by atoms with Crippen LogP contribution in [0.25, 0.3) is 0 Å². The molecule has 0 N–H and O–H groups in total. The third-order valence-corrected chi connectivity index (χ3v) is 1.65. The van der Waals surface area contributed by atoms with Gasteiger partial charge in [-0.2, -0.15) is 0 Å². The number of nitrogens with zero attached hydrogens (tertiary/aromatic N) is 1. The van der Waals surface area contributed by atoms with Crippen LogP contribution in [0.5, 0.6) is 0 Å². The lowest BCUT2D eigenvalue weighted by molar-refractivity contribution is -0.152. The van der Waals surface area contributed by atoms with Crippen molar-refractivity contribution in [3.8, 4) is 0 Å². The van der Waals surface area contributed by atoms with Gasteiger partial charge in [0.15, 0.2) is 6.23 Å². The number of imide groups is 1. The van der Waals surface area contributed by atoms with Crippen LogP contribution >= 0.6 is 0 Å². The second kappa shape index (κ2) is 3.70. The van der Waals surface area contributed by atoms with Gasteiger partial charge >= 0.3 is 0 Å². The molecule has 0 aromatic carbocycles. The molecule has 0 aliphatic carbocycles. The number of hydrogen-bond acceptors (Lipinski definition) is 3. The third kappa shape index (κ3) is 2.15. The molecule has 1 aliphatic heterocycles. The molecule has 4 heteroatoms. The number of hydrogen-bond donors (Lipinski definition) is 0. The molecule has 0 spiro atoms. The van der Waals surface area contributed by atoms with Gasteiger partial charge in [-0.3, -0.25) is 9.59 Å². The van der Waals surface area contributed by atoms with Crippen LogP contribution in [-0.4, -0.2) is 29.0 Å².